The Kier molecular flexibility index (Phi) is 12.3. The Morgan fingerprint density at radius 2 is 1.50 bits per heavy atom. The fourth-order valence-corrected chi connectivity index (χ4v) is 2.41. The molecule has 0 aliphatic carbocycles. The van der Waals surface area contributed by atoms with E-state index in [0.29, 0.717) is 38.2 Å². The molecular formula is C22H32ClNO4. The van der Waals surface area contributed by atoms with Gasteiger partial charge in [-0.15, -0.1) is 12.4 Å². The van der Waals surface area contributed by atoms with Crippen LogP contribution in [-0.4, -0.2) is 50.2 Å². The molecule has 1 atom stereocenters. The molecular weight excluding hydrogens is 378 g/mol. The first-order valence-electron chi connectivity index (χ1n) is 9.52. The van der Waals surface area contributed by atoms with Crippen molar-refractivity contribution in [3.05, 3.63) is 60.2 Å². The highest BCUT2D eigenvalue weighted by atomic mass is 35.5. The van der Waals surface area contributed by atoms with Gasteiger partial charge in [0, 0.05) is 12.6 Å². The van der Waals surface area contributed by atoms with Gasteiger partial charge in [-0.3, -0.25) is 0 Å². The second-order valence-corrected chi connectivity index (χ2v) is 6.70. The summed E-state index contributed by atoms with van der Waals surface area (Å²) < 4.78 is 16.9. The average Bonchev–Trinajstić information content (AvgIpc) is 2.69. The lowest BCUT2D eigenvalue weighted by atomic mass is 10.2. The van der Waals surface area contributed by atoms with Gasteiger partial charge in [0.15, 0.2) is 0 Å². The van der Waals surface area contributed by atoms with Crippen LogP contribution in [0.1, 0.15) is 19.4 Å². The molecule has 2 aromatic carbocycles. The molecule has 0 saturated carbocycles. The van der Waals surface area contributed by atoms with E-state index < -0.39 is 6.10 Å². The van der Waals surface area contributed by atoms with E-state index in [-0.39, 0.29) is 19.0 Å². The molecule has 0 radical (unpaired) electrons. The quantitative estimate of drug-likeness (QED) is 0.496. The van der Waals surface area contributed by atoms with Crippen LogP contribution >= 0.6 is 12.4 Å². The number of benzene rings is 2. The minimum absolute atomic E-state index is 0. The third-order valence-corrected chi connectivity index (χ3v) is 3.90. The highest BCUT2D eigenvalue weighted by Gasteiger charge is 2.06. The molecule has 0 heterocycles. The van der Waals surface area contributed by atoms with Gasteiger partial charge in [0.05, 0.1) is 13.2 Å². The summed E-state index contributed by atoms with van der Waals surface area (Å²) in [7, 11) is 0. The van der Waals surface area contributed by atoms with Crippen molar-refractivity contribution < 1.29 is 19.3 Å². The SMILES string of the molecule is CC(C)NCC(O)COc1ccc(OCCOCCc2ccccc2)cc1.Cl. The lowest BCUT2D eigenvalue weighted by Gasteiger charge is -2.15. The highest BCUT2D eigenvalue weighted by molar-refractivity contribution is 5.85. The number of hydrogen-bond acceptors (Lipinski definition) is 5. The number of rotatable bonds is 13. The molecule has 28 heavy (non-hydrogen) atoms. The molecule has 5 nitrogen and oxygen atoms in total. The first-order chi connectivity index (χ1) is 13.1. The molecule has 2 aromatic rings. The zero-order valence-corrected chi connectivity index (χ0v) is 17.5. The van der Waals surface area contributed by atoms with E-state index >= 15 is 0 Å². The monoisotopic (exact) mass is 409 g/mol. The summed E-state index contributed by atoms with van der Waals surface area (Å²) in [5.41, 5.74) is 1.28. The Morgan fingerprint density at radius 3 is 2.14 bits per heavy atom. The first kappa shape index (κ1) is 24.2. The summed E-state index contributed by atoms with van der Waals surface area (Å²) in [5, 5.41) is 13.0. The number of nitrogens with one attached hydrogen (secondary N) is 1. The molecule has 0 fully saturated rings. The van der Waals surface area contributed by atoms with Crippen LogP contribution in [0.15, 0.2) is 54.6 Å². The van der Waals surface area contributed by atoms with Gasteiger partial charge in [0.1, 0.15) is 30.8 Å². The van der Waals surface area contributed by atoms with Crippen LogP contribution in [0.2, 0.25) is 0 Å². The van der Waals surface area contributed by atoms with Gasteiger partial charge in [-0.05, 0) is 36.2 Å². The standard InChI is InChI=1S/C22H31NO4.ClH/c1-18(2)23-16-20(24)17-27-22-10-8-21(9-11-22)26-15-14-25-13-12-19-6-4-3-5-7-19;/h3-11,18,20,23-24H,12-17H2,1-2H3;1H. The summed E-state index contributed by atoms with van der Waals surface area (Å²) in [6.07, 6.45) is 0.377. The fraction of sp³-hybridized carbons (Fsp3) is 0.455. The van der Waals surface area contributed by atoms with Crippen molar-refractivity contribution >= 4 is 12.4 Å². The zero-order chi connectivity index (χ0) is 19.3. The van der Waals surface area contributed by atoms with Crippen molar-refractivity contribution in [2.45, 2.75) is 32.4 Å². The minimum atomic E-state index is -0.531. The molecule has 2 N–H and O–H groups in total. The van der Waals surface area contributed by atoms with Crippen LogP contribution in [0.3, 0.4) is 0 Å². The normalized spacial score (nSPS) is 11.7. The van der Waals surface area contributed by atoms with Crippen molar-refractivity contribution in [1.82, 2.24) is 5.32 Å². The predicted octanol–water partition coefficient (Wildman–Crippen LogP) is 3.48. The Labute approximate surface area is 174 Å². The van der Waals surface area contributed by atoms with Crippen LogP contribution in [0, 0.1) is 0 Å². The van der Waals surface area contributed by atoms with Crippen LogP contribution in [0.5, 0.6) is 11.5 Å². The van der Waals surface area contributed by atoms with Crippen LogP contribution in [-0.2, 0) is 11.2 Å². The van der Waals surface area contributed by atoms with E-state index in [1.54, 1.807) is 0 Å². The van der Waals surface area contributed by atoms with Crippen molar-refractivity contribution in [3.8, 4) is 11.5 Å². The van der Waals surface area contributed by atoms with Gasteiger partial charge in [-0.2, -0.15) is 0 Å². The predicted molar refractivity (Wildman–Crippen MR) is 115 cm³/mol. The second-order valence-electron chi connectivity index (χ2n) is 6.70. The van der Waals surface area contributed by atoms with Crippen molar-refractivity contribution in [2.24, 2.45) is 0 Å². The molecule has 0 spiro atoms. The number of hydrogen-bond donors (Lipinski definition) is 2. The zero-order valence-electron chi connectivity index (χ0n) is 16.7. The van der Waals surface area contributed by atoms with Crippen molar-refractivity contribution in [1.29, 1.82) is 0 Å². The summed E-state index contributed by atoms with van der Waals surface area (Å²) in [6, 6.07) is 18.0. The van der Waals surface area contributed by atoms with E-state index in [0.717, 1.165) is 12.2 Å². The van der Waals surface area contributed by atoms with E-state index in [1.165, 1.54) is 5.56 Å². The van der Waals surface area contributed by atoms with Crippen LogP contribution in [0.4, 0.5) is 0 Å². The average molecular weight is 410 g/mol. The van der Waals surface area contributed by atoms with Gasteiger partial charge in [0.25, 0.3) is 0 Å². The summed E-state index contributed by atoms with van der Waals surface area (Å²) in [5.74, 6) is 1.49. The Morgan fingerprint density at radius 1 is 0.857 bits per heavy atom. The van der Waals surface area contributed by atoms with Gasteiger partial charge in [0.2, 0.25) is 0 Å². The molecule has 156 valence electrons. The maximum Gasteiger partial charge on any atom is 0.119 e. The third kappa shape index (κ3) is 10.5. The van der Waals surface area contributed by atoms with Crippen molar-refractivity contribution in [2.75, 3.05) is 33.0 Å². The van der Waals surface area contributed by atoms with E-state index in [4.69, 9.17) is 14.2 Å². The fourth-order valence-electron chi connectivity index (χ4n) is 2.41. The van der Waals surface area contributed by atoms with E-state index in [1.807, 2.05) is 56.3 Å². The summed E-state index contributed by atoms with van der Waals surface area (Å²) >= 11 is 0. The molecule has 0 bridgehead atoms. The smallest absolute Gasteiger partial charge is 0.119 e. The molecule has 0 aromatic heterocycles. The number of aliphatic hydroxyl groups excluding tert-OH is 1. The minimum Gasteiger partial charge on any atom is -0.491 e. The number of halogens is 1. The molecule has 1 unspecified atom stereocenters. The molecule has 0 aliphatic rings. The summed E-state index contributed by atoms with van der Waals surface area (Å²) in [6.45, 7) is 6.61. The Bertz CT molecular complexity index is 622. The number of aliphatic hydroxyl groups is 1. The van der Waals surface area contributed by atoms with Crippen LogP contribution in [0.25, 0.3) is 0 Å². The van der Waals surface area contributed by atoms with Crippen LogP contribution < -0.4 is 14.8 Å². The molecule has 0 amide bonds. The largest absolute Gasteiger partial charge is 0.491 e. The Hall–Kier alpha value is -1.79. The maximum absolute atomic E-state index is 9.85. The molecule has 6 heteroatoms. The molecule has 0 aliphatic heterocycles. The highest BCUT2D eigenvalue weighted by Crippen LogP contribution is 2.17. The lowest BCUT2D eigenvalue weighted by Crippen LogP contribution is -2.35. The Balaban J connectivity index is 0.00000392. The van der Waals surface area contributed by atoms with Gasteiger partial charge >= 0.3 is 0 Å². The maximum atomic E-state index is 9.85. The van der Waals surface area contributed by atoms with Gasteiger partial charge in [-0.25, -0.2) is 0 Å². The summed E-state index contributed by atoms with van der Waals surface area (Å²) in [4.78, 5) is 0. The topological polar surface area (TPSA) is 60.0 Å². The van der Waals surface area contributed by atoms with E-state index in [9.17, 15) is 5.11 Å². The van der Waals surface area contributed by atoms with Gasteiger partial charge < -0.3 is 24.6 Å². The van der Waals surface area contributed by atoms with Gasteiger partial charge in [-0.1, -0.05) is 44.2 Å². The number of ether oxygens (including phenoxy) is 3. The third-order valence-electron chi connectivity index (χ3n) is 3.90. The molecule has 2 rings (SSSR count). The first-order valence-corrected chi connectivity index (χ1v) is 9.52. The second kappa shape index (κ2) is 14.2. The molecule has 0 saturated heterocycles. The lowest BCUT2D eigenvalue weighted by molar-refractivity contribution is 0.102. The van der Waals surface area contributed by atoms with Crippen molar-refractivity contribution in [3.63, 3.8) is 0 Å². The van der Waals surface area contributed by atoms with E-state index in [2.05, 4.69) is 17.4 Å².